The van der Waals surface area contributed by atoms with E-state index >= 15 is 0 Å². The van der Waals surface area contributed by atoms with Crippen molar-refractivity contribution in [3.8, 4) is 0 Å². The van der Waals surface area contributed by atoms with Crippen LogP contribution in [0.25, 0.3) is 0 Å². The minimum Gasteiger partial charge on any atom is -0.458 e. The molecule has 2 saturated heterocycles. The van der Waals surface area contributed by atoms with Gasteiger partial charge >= 0.3 is 5.97 Å². The van der Waals surface area contributed by atoms with Gasteiger partial charge in [-0.15, -0.1) is 0 Å². The Morgan fingerprint density at radius 1 is 0.848 bits per heavy atom. The van der Waals surface area contributed by atoms with Crippen LogP contribution in [0.2, 0.25) is 0 Å². The van der Waals surface area contributed by atoms with Crippen LogP contribution in [0.15, 0.2) is 0 Å². The number of Topliss-reactive ketones (excluding diaryl/α,β-unsaturated/α-hetero) is 1. The molecule has 0 aromatic heterocycles. The SMILES string of the molecule is CCCCCC(=O)NCC(=O)NCC1C2CCC(O2)C1CCCCCCC(=O)COC(C)=O. The highest BCUT2D eigenvalue weighted by Crippen LogP contribution is 2.45. The van der Waals surface area contributed by atoms with Gasteiger partial charge in [-0.3, -0.25) is 19.2 Å². The number of esters is 1. The third kappa shape index (κ3) is 10.2. The quantitative estimate of drug-likeness (QED) is 0.252. The molecule has 2 bridgehead atoms. The fourth-order valence-corrected chi connectivity index (χ4v) is 4.96. The molecule has 2 heterocycles. The largest absolute Gasteiger partial charge is 0.458 e. The molecule has 4 unspecified atom stereocenters. The van der Waals surface area contributed by atoms with Crippen molar-refractivity contribution in [1.82, 2.24) is 10.6 Å². The third-order valence-electron chi connectivity index (χ3n) is 6.76. The Balaban J connectivity index is 1.60. The number of ketones is 1. The summed E-state index contributed by atoms with van der Waals surface area (Å²) in [6, 6.07) is 0. The van der Waals surface area contributed by atoms with Gasteiger partial charge in [0, 0.05) is 32.2 Å². The molecular weight excluding hydrogens is 424 g/mol. The van der Waals surface area contributed by atoms with E-state index in [0.717, 1.165) is 64.2 Å². The van der Waals surface area contributed by atoms with Crippen LogP contribution in [-0.2, 0) is 28.7 Å². The van der Waals surface area contributed by atoms with Crippen molar-refractivity contribution in [2.45, 2.75) is 103 Å². The summed E-state index contributed by atoms with van der Waals surface area (Å²) < 4.78 is 10.9. The minimum atomic E-state index is -0.422. The average Bonchev–Trinajstić information content (AvgIpc) is 3.39. The first-order valence-electron chi connectivity index (χ1n) is 12.7. The van der Waals surface area contributed by atoms with E-state index in [0.29, 0.717) is 37.3 Å². The van der Waals surface area contributed by atoms with Crippen molar-refractivity contribution >= 4 is 23.6 Å². The Labute approximate surface area is 197 Å². The molecule has 2 aliphatic rings. The van der Waals surface area contributed by atoms with E-state index in [1.165, 1.54) is 6.92 Å². The van der Waals surface area contributed by atoms with Crippen molar-refractivity contribution in [2.75, 3.05) is 19.7 Å². The number of fused-ring (bicyclic) bond motifs is 2. The maximum absolute atomic E-state index is 12.2. The predicted molar refractivity (Wildman–Crippen MR) is 124 cm³/mol. The molecule has 2 amide bonds. The van der Waals surface area contributed by atoms with Crippen LogP contribution in [-0.4, -0.2) is 55.5 Å². The molecular formula is C25H42N2O6. The molecule has 188 valence electrons. The van der Waals surface area contributed by atoms with E-state index in [1.54, 1.807) is 0 Å². The normalized spacial score (nSPS) is 23.3. The topological polar surface area (TPSA) is 111 Å². The van der Waals surface area contributed by atoms with Crippen LogP contribution in [0, 0.1) is 11.8 Å². The van der Waals surface area contributed by atoms with Crippen molar-refractivity contribution in [2.24, 2.45) is 11.8 Å². The summed E-state index contributed by atoms with van der Waals surface area (Å²) in [4.78, 5) is 46.3. The van der Waals surface area contributed by atoms with Gasteiger partial charge in [0.25, 0.3) is 0 Å². The summed E-state index contributed by atoms with van der Waals surface area (Å²) in [5.41, 5.74) is 0. The Bertz CT molecular complexity index is 653. The first-order chi connectivity index (χ1) is 15.9. The van der Waals surface area contributed by atoms with Crippen LogP contribution in [0.3, 0.4) is 0 Å². The van der Waals surface area contributed by atoms with E-state index < -0.39 is 5.97 Å². The van der Waals surface area contributed by atoms with Gasteiger partial charge in [-0.05, 0) is 38.0 Å². The first-order valence-corrected chi connectivity index (χ1v) is 12.7. The summed E-state index contributed by atoms with van der Waals surface area (Å²) >= 11 is 0. The number of rotatable bonds is 17. The number of ether oxygens (including phenoxy) is 2. The molecule has 0 aromatic carbocycles. The zero-order valence-corrected chi connectivity index (χ0v) is 20.4. The zero-order chi connectivity index (χ0) is 24.1. The lowest BCUT2D eigenvalue weighted by Gasteiger charge is -2.28. The van der Waals surface area contributed by atoms with Crippen LogP contribution in [0.5, 0.6) is 0 Å². The first kappa shape index (κ1) is 27.3. The molecule has 4 atom stereocenters. The Morgan fingerprint density at radius 2 is 1.55 bits per heavy atom. The molecule has 2 N–H and O–H groups in total. The van der Waals surface area contributed by atoms with Crippen LogP contribution < -0.4 is 10.6 Å². The van der Waals surface area contributed by atoms with E-state index in [1.807, 2.05) is 0 Å². The summed E-state index contributed by atoms with van der Waals surface area (Å²) in [6.45, 7) is 3.91. The van der Waals surface area contributed by atoms with Gasteiger partial charge in [0.2, 0.25) is 11.8 Å². The fourth-order valence-electron chi connectivity index (χ4n) is 4.96. The Morgan fingerprint density at radius 3 is 2.27 bits per heavy atom. The van der Waals surface area contributed by atoms with E-state index in [9.17, 15) is 19.2 Å². The highest BCUT2D eigenvalue weighted by molar-refractivity contribution is 5.84. The maximum Gasteiger partial charge on any atom is 0.303 e. The average molecular weight is 467 g/mol. The van der Waals surface area contributed by atoms with E-state index in [2.05, 4.69) is 17.6 Å². The zero-order valence-electron chi connectivity index (χ0n) is 20.4. The van der Waals surface area contributed by atoms with E-state index in [-0.39, 0.29) is 36.9 Å². The molecule has 2 rings (SSSR count). The number of hydrogen-bond donors (Lipinski definition) is 2. The molecule has 2 fully saturated rings. The number of hydrogen-bond acceptors (Lipinski definition) is 6. The lowest BCUT2D eigenvalue weighted by molar-refractivity contribution is -0.145. The molecule has 0 spiro atoms. The van der Waals surface area contributed by atoms with Gasteiger partial charge in [0.1, 0.15) is 6.61 Å². The highest BCUT2D eigenvalue weighted by atomic mass is 16.5. The summed E-state index contributed by atoms with van der Waals surface area (Å²) in [5, 5.41) is 5.70. The van der Waals surface area contributed by atoms with Crippen LogP contribution >= 0.6 is 0 Å². The molecule has 0 radical (unpaired) electrons. The Kier molecular flexibility index (Phi) is 12.4. The van der Waals surface area contributed by atoms with Crippen LogP contribution in [0.1, 0.15) is 90.9 Å². The molecule has 8 heteroatoms. The van der Waals surface area contributed by atoms with Crippen molar-refractivity contribution < 1.29 is 28.7 Å². The number of nitrogens with one attached hydrogen (secondary N) is 2. The third-order valence-corrected chi connectivity index (χ3v) is 6.76. The van der Waals surface area contributed by atoms with Gasteiger partial charge in [0.05, 0.1) is 18.8 Å². The van der Waals surface area contributed by atoms with Crippen LogP contribution in [0.4, 0.5) is 0 Å². The van der Waals surface area contributed by atoms with Gasteiger partial charge < -0.3 is 20.1 Å². The Hall–Kier alpha value is -1.96. The minimum absolute atomic E-state index is 0.0281. The van der Waals surface area contributed by atoms with Gasteiger partial charge in [-0.1, -0.05) is 39.0 Å². The van der Waals surface area contributed by atoms with Crippen molar-refractivity contribution in [3.63, 3.8) is 0 Å². The number of amides is 2. The number of unbranched alkanes of at least 4 members (excludes halogenated alkanes) is 5. The monoisotopic (exact) mass is 466 g/mol. The van der Waals surface area contributed by atoms with Gasteiger partial charge in [-0.2, -0.15) is 0 Å². The molecule has 0 saturated carbocycles. The molecule has 8 nitrogen and oxygen atoms in total. The molecule has 0 aromatic rings. The maximum atomic E-state index is 12.2. The fraction of sp³-hybridized carbons (Fsp3) is 0.840. The standard InChI is InChI=1S/C25H42N2O6/c1-3-4-7-12-24(30)27-16-25(31)26-15-21-20(22-13-14-23(21)33-22)11-9-6-5-8-10-19(29)17-32-18(2)28/h20-23H,3-17H2,1-2H3,(H,26,31)(H,27,30). The van der Waals surface area contributed by atoms with Gasteiger partial charge in [-0.25, -0.2) is 0 Å². The van der Waals surface area contributed by atoms with Gasteiger partial charge in [0.15, 0.2) is 5.78 Å². The second kappa shape index (κ2) is 15.0. The summed E-state index contributed by atoms with van der Waals surface area (Å²) in [5.74, 6) is 0.136. The number of carbonyl (C=O) groups is 4. The second-order valence-corrected chi connectivity index (χ2v) is 9.43. The highest BCUT2D eigenvalue weighted by Gasteiger charge is 2.48. The lowest BCUT2D eigenvalue weighted by atomic mass is 9.76. The summed E-state index contributed by atoms with van der Waals surface area (Å²) in [6.07, 6.45) is 11.5. The lowest BCUT2D eigenvalue weighted by Crippen LogP contribution is -2.42. The molecule has 0 aliphatic carbocycles. The second-order valence-electron chi connectivity index (χ2n) is 9.43. The van der Waals surface area contributed by atoms with Crippen molar-refractivity contribution in [1.29, 1.82) is 0 Å². The van der Waals surface area contributed by atoms with E-state index in [4.69, 9.17) is 9.47 Å². The van der Waals surface area contributed by atoms with Crippen molar-refractivity contribution in [3.05, 3.63) is 0 Å². The predicted octanol–water partition coefficient (Wildman–Crippen LogP) is 3.07. The molecule has 33 heavy (non-hydrogen) atoms. The smallest absolute Gasteiger partial charge is 0.303 e. The summed E-state index contributed by atoms with van der Waals surface area (Å²) in [7, 11) is 0. The number of carbonyl (C=O) groups excluding carboxylic acids is 4. The molecule has 2 aliphatic heterocycles.